The Morgan fingerprint density at radius 1 is 0.957 bits per heavy atom. The zero-order valence-corrected chi connectivity index (χ0v) is 11.4. The molecular formula is C14H9F2N3O4. The molecule has 0 saturated carbocycles. The van der Waals surface area contributed by atoms with Crippen molar-refractivity contribution in [3.05, 3.63) is 75.3 Å². The number of benzene rings is 2. The normalized spacial score (nSPS) is 10.0. The van der Waals surface area contributed by atoms with Crippen LogP contribution in [0.15, 0.2) is 42.5 Å². The van der Waals surface area contributed by atoms with Gasteiger partial charge in [0.1, 0.15) is 17.2 Å². The van der Waals surface area contributed by atoms with Gasteiger partial charge in [0.25, 0.3) is 17.5 Å². The minimum atomic E-state index is -1.20. The van der Waals surface area contributed by atoms with Gasteiger partial charge in [-0.15, -0.1) is 0 Å². The molecule has 9 heteroatoms. The predicted molar refractivity (Wildman–Crippen MR) is 74.4 cm³/mol. The number of non-ortho nitro benzene ring substituents is 1. The maximum Gasteiger partial charge on any atom is 0.275 e. The van der Waals surface area contributed by atoms with E-state index < -0.39 is 33.9 Å². The van der Waals surface area contributed by atoms with Gasteiger partial charge < -0.3 is 0 Å². The van der Waals surface area contributed by atoms with Crippen molar-refractivity contribution < 1.29 is 23.3 Å². The summed E-state index contributed by atoms with van der Waals surface area (Å²) in [5, 5.41) is 10.6. The van der Waals surface area contributed by atoms with Crippen LogP contribution in [-0.2, 0) is 0 Å². The second-order valence-electron chi connectivity index (χ2n) is 4.31. The first kappa shape index (κ1) is 16.0. The molecule has 0 fully saturated rings. The summed E-state index contributed by atoms with van der Waals surface area (Å²) in [5.74, 6) is -4.25. The van der Waals surface area contributed by atoms with E-state index in [1.54, 1.807) is 0 Å². The molecule has 7 nitrogen and oxygen atoms in total. The quantitative estimate of drug-likeness (QED) is 0.666. The number of carbonyl (C=O) groups excluding carboxylic acids is 2. The molecule has 0 bridgehead atoms. The Labute approximate surface area is 128 Å². The first-order chi connectivity index (χ1) is 10.9. The number of nitrogens with one attached hydrogen (secondary N) is 2. The average Bonchev–Trinajstić information content (AvgIpc) is 2.52. The molecule has 0 aromatic heterocycles. The zero-order valence-electron chi connectivity index (χ0n) is 11.4. The second kappa shape index (κ2) is 6.60. The summed E-state index contributed by atoms with van der Waals surface area (Å²) in [6.45, 7) is 0. The van der Waals surface area contributed by atoms with Gasteiger partial charge in [0, 0.05) is 17.7 Å². The number of hydrazine groups is 1. The highest BCUT2D eigenvalue weighted by Crippen LogP contribution is 2.13. The maximum absolute atomic E-state index is 13.4. The topological polar surface area (TPSA) is 101 Å². The van der Waals surface area contributed by atoms with Crippen molar-refractivity contribution in [2.24, 2.45) is 0 Å². The van der Waals surface area contributed by atoms with E-state index in [0.717, 1.165) is 24.3 Å². The van der Waals surface area contributed by atoms with Crippen molar-refractivity contribution in [2.45, 2.75) is 0 Å². The SMILES string of the molecule is O=C(NNC(=O)c1c(F)cccc1F)c1cccc([N+](=O)[O-])c1. The van der Waals surface area contributed by atoms with Crippen molar-refractivity contribution in [2.75, 3.05) is 0 Å². The Morgan fingerprint density at radius 3 is 2.13 bits per heavy atom. The van der Waals surface area contributed by atoms with E-state index in [1.165, 1.54) is 18.2 Å². The lowest BCUT2D eigenvalue weighted by atomic mass is 10.2. The lowest BCUT2D eigenvalue weighted by molar-refractivity contribution is -0.384. The fourth-order valence-corrected chi connectivity index (χ4v) is 1.72. The molecule has 0 spiro atoms. The number of halogens is 2. The van der Waals surface area contributed by atoms with Gasteiger partial charge in [-0.05, 0) is 18.2 Å². The Kier molecular flexibility index (Phi) is 4.60. The first-order valence-corrected chi connectivity index (χ1v) is 6.19. The average molecular weight is 321 g/mol. The Morgan fingerprint density at radius 2 is 1.52 bits per heavy atom. The highest BCUT2D eigenvalue weighted by molar-refractivity contribution is 5.99. The van der Waals surface area contributed by atoms with Crippen LogP contribution in [0.25, 0.3) is 0 Å². The van der Waals surface area contributed by atoms with E-state index in [-0.39, 0.29) is 11.3 Å². The summed E-state index contributed by atoms with van der Waals surface area (Å²) in [4.78, 5) is 33.4. The molecule has 0 saturated heterocycles. The van der Waals surface area contributed by atoms with Crippen LogP contribution in [-0.4, -0.2) is 16.7 Å². The molecule has 0 heterocycles. The number of carbonyl (C=O) groups is 2. The van der Waals surface area contributed by atoms with Gasteiger partial charge >= 0.3 is 0 Å². The number of hydrogen-bond acceptors (Lipinski definition) is 4. The molecular weight excluding hydrogens is 312 g/mol. The Bertz CT molecular complexity index is 775. The van der Waals surface area contributed by atoms with E-state index in [1.807, 2.05) is 10.9 Å². The molecule has 23 heavy (non-hydrogen) atoms. The molecule has 0 radical (unpaired) electrons. The number of rotatable bonds is 3. The molecule has 2 aromatic rings. The van der Waals surface area contributed by atoms with Crippen molar-refractivity contribution in [3.63, 3.8) is 0 Å². The third-order valence-corrected chi connectivity index (χ3v) is 2.80. The summed E-state index contributed by atoms with van der Waals surface area (Å²) in [6, 6.07) is 7.60. The van der Waals surface area contributed by atoms with Gasteiger partial charge in [-0.25, -0.2) is 8.78 Å². The second-order valence-corrected chi connectivity index (χ2v) is 4.31. The van der Waals surface area contributed by atoms with Crippen LogP contribution in [0.2, 0.25) is 0 Å². The standard InChI is InChI=1S/C14H9F2N3O4/c15-10-5-2-6-11(16)12(10)14(21)18-17-13(20)8-3-1-4-9(7-8)19(22)23/h1-7H,(H,17,20)(H,18,21). The number of amides is 2. The molecule has 0 aliphatic carbocycles. The summed E-state index contributed by atoms with van der Waals surface area (Å²) >= 11 is 0. The fraction of sp³-hybridized carbons (Fsp3) is 0. The molecule has 0 aliphatic rings. The summed E-state index contributed by atoms with van der Waals surface area (Å²) in [5.41, 5.74) is 2.49. The minimum Gasteiger partial charge on any atom is -0.267 e. The molecule has 2 N–H and O–H groups in total. The van der Waals surface area contributed by atoms with Crippen LogP contribution < -0.4 is 10.9 Å². The van der Waals surface area contributed by atoms with Gasteiger partial charge in [-0.1, -0.05) is 12.1 Å². The predicted octanol–water partition coefficient (Wildman–Crippen LogP) is 1.95. The van der Waals surface area contributed by atoms with Crippen molar-refractivity contribution >= 4 is 17.5 Å². The van der Waals surface area contributed by atoms with E-state index in [9.17, 15) is 28.5 Å². The van der Waals surface area contributed by atoms with Crippen molar-refractivity contribution in [3.8, 4) is 0 Å². The largest absolute Gasteiger partial charge is 0.275 e. The van der Waals surface area contributed by atoms with Crippen molar-refractivity contribution in [1.29, 1.82) is 0 Å². The van der Waals surface area contributed by atoms with Crippen molar-refractivity contribution in [1.82, 2.24) is 10.9 Å². The van der Waals surface area contributed by atoms with E-state index in [0.29, 0.717) is 0 Å². The monoisotopic (exact) mass is 321 g/mol. The number of hydrogen-bond donors (Lipinski definition) is 2. The highest BCUT2D eigenvalue weighted by Gasteiger charge is 2.18. The number of nitro benzene ring substituents is 1. The number of nitro groups is 1. The summed E-state index contributed by atoms with van der Waals surface area (Å²) in [7, 11) is 0. The lowest BCUT2D eigenvalue weighted by Gasteiger charge is -2.08. The van der Waals surface area contributed by atoms with Gasteiger partial charge in [0.15, 0.2) is 0 Å². The maximum atomic E-state index is 13.4. The fourth-order valence-electron chi connectivity index (χ4n) is 1.72. The molecule has 0 unspecified atom stereocenters. The van der Waals surface area contributed by atoms with Crippen LogP contribution in [0.5, 0.6) is 0 Å². The molecule has 2 rings (SSSR count). The van der Waals surface area contributed by atoms with Crippen LogP contribution in [0, 0.1) is 21.7 Å². The van der Waals surface area contributed by atoms with Crippen LogP contribution >= 0.6 is 0 Å². The highest BCUT2D eigenvalue weighted by atomic mass is 19.1. The smallest absolute Gasteiger partial charge is 0.267 e. The van der Waals surface area contributed by atoms with Crippen LogP contribution in [0.4, 0.5) is 14.5 Å². The third kappa shape index (κ3) is 3.64. The summed E-state index contributed by atoms with van der Waals surface area (Å²) < 4.78 is 26.8. The zero-order chi connectivity index (χ0) is 17.0. The van der Waals surface area contributed by atoms with Gasteiger partial charge in [0.2, 0.25) is 0 Å². The van der Waals surface area contributed by atoms with E-state index in [2.05, 4.69) is 0 Å². The van der Waals surface area contributed by atoms with E-state index in [4.69, 9.17) is 0 Å². The molecule has 0 atom stereocenters. The molecule has 0 aliphatic heterocycles. The van der Waals surface area contributed by atoms with Gasteiger partial charge in [-0.2, -0.15) is 0 Å². The number of nitrogens with zero attached hydrogens (tertiary/aromatic N) is 1. The van der Waals surface area contributed by atoms with Crippen LogP contribution in [0.3, 0.4) is 0 Å². The Balaban J connectivity index is 2.09. The molecule has 118 valence electrons. The van der Waals surface area contributed by atoms with E-state index >= 15 is 0 Å². The molecule has 2 amide bonds. The van der Waals surface area contributed by atoms with Gasteiger partial charge in [-0.3, -0.25) is 30.6 Å². The lowest BCUT2D eigenvalue weighted by Crippen LogP contribution is -2.42. The summed E-state index contributed by atoms with van der Waals surface area (Å²) in [6.07, 6.45) is 0. The van der Waals surface area contributed by atoms with Crippen LogP contribution in [0.1, 0.15) is 20.7 Å². The minimum absolute atomic E-state index is 0.103. The first-order valence-electron chi connectivity index (χ1n) is 6.19. The Hall–Kier alpha value is -3.36. The molecule has 2 aromatic carbocycles. The van der Waals surface area contributed by atoms with Gasteiger partial charge in [0.05, 0.1) is 4.92 Å². The third-order valence-electron chi connectivity index (χ3n) is 2.80.